The van der Waals surface area contributed by atoms with Crippen LogP contribution in [0.1, 0.15) is 58.3 Å². The van der Waals surface area contributed by atoms with Crippen LogP contribution < -0.4 is 0 Å². The summed E-state index contributed by atoms with van der Waals surface area (Å²) in [5.74, 6) is 0. The standard InChI is InChI=1S/C34H82O13Si6/c1-34(35,22-16-24-48(14,26-18-30-50(36-2,37-3)38-4)27-19-31-51(39-5,40-6)41-7)23-17-25-49(15,28-20-32-52(42-8,43-9)44-10)29-21-33-53(45-11,46-12)47-13/h35H,16-33H2,1-15H3. The van der Waals surface area contributed by atoms with Crippen LogP contribution in [0.25, 0.3) is 0 Å². The van der Waals surface area contributed by atoms with Crippen LogP contribution in [0.4, 0.5) is 0 Å². The van der Waals surface area contributed by atoms with Crippen LogP contribution in [-0.4, -0.2) is 147 Å². The van der Waals surface area contributed by atoms with Crippen LogP contribution >= 0.6 is 0 Å². The fourth-order valence-corrected chi connectivity index (χ4v) is 23.8. The van der Waals surface area contributed by atoms with Gasteiger partial charge in [-0.15, -0.1) is 0 Å². The van der Waals surface area contributed by atoms with Crippen molar-refractivity contribution in [1.82, 2.24) is 0 Å². The van der Waals surface area contributed by atoms with Crippen molar-refractivity contribution in [2.24, 2.45) is 0 Å². The molecule has 0 radical (unpaired) electrons. The van der Waals surface area contributed by atoms with Gasteiger partial charge < -0.3 is 58.2 Å². The van der Waals surface area contributed by atoms with Crippen molar-refractivity contribution in [3.63, 3.8) is 0 Å². The molecule has 0 bridgehead atoms. The van der Waals surface area contributed by atoms with Gasteiger partial charge in [-0.05, 0) is 19.8 Å². The van der Waals surface area contributed by atoms with Crippen molar-refractivity contribution in [3.8, 4) is 0 Å². The van der Waals surface area contributed by atoms with Crippen molar-refractivity contribution >= 4 is 51.4 Å². The Hall–Kier alpha value is 0.781. The van der Waals surface area contributed by atoms with E-state index in [-0.39, 0.29) is 0 Å². The number of hydrogen-bond donors (Lipinski definition) is 1. The minimum absolute atomic E-state index is 0.715. The van der Waals surface area contributed by atoms with Gasteiger partial charge in [-0.25, -0.2) is 0 Å². The van der Waals surface area contributed by atoms with Crippen molar-refractivity contribution in [1.29, 1.82) is 0 Å². The molecule has 320 valence electrons. The molecule has 0 aliphatic rings. The van der Waals surface area contributed by atoms with Gasteiger partial charge in [0.2, 0.25) is 0 Å². The zero-order valence-electron chi connectivity index (χ0n) is 36.6. The summed E-state index contributed by atoms with van der Waals surface area (Å²) in [5.41, 5.74) is -0.715. The Morgan fingerprint density at radius 1 is 0.321 bits per heavy atom. The number of hydrogen-bond acceptors (Lipinski definition) is 13. The van der Waals surface area contributed by atoms with Crippen LogP contribution in [0.2, 0.25) is 73.5 Å². The van der Waals surface area contributed by atoms with Crippen molar-refractivity contribution in [2.45, 2.75) is 137 Å². The molecule has 13 nitrogen and oxygen atoms in total. The third-order valence-corrected chi connectivity index (χ3v) is 32.5. The summed E-state index contributed by atoms with van der Waals surface area (Å²) in [7, 11) is 6.19. The van der Waals surface area contributed by atoms with E-state index in [1.807, 2.05) is 6.92 Å². The average molecular weight is 868 g/mol. The fraction of sp³-hybridized carbons (Fsp3) is 1.00. The monoisotopic (exact) mass is 866 g/mol. The maximum Gasteiger partial charge on any atom is 0.500 e. The van der Waals surface area contributed by atoms with Crippen LogP contribution in [0.5, 0.6) is 0 Å². The van der Waals surface area contributed by atoms with Crippen LogP contribution in [0.3, 0.4) is 0 Å². The summed E-state index contributed by atoms with van der Waals surface area (Å²) >= 11 is 0. The molecule has 0 aromatic carbocycles. The molecule has 1 N–H and O–H groups in total. The van der Waals surface area contributed by atoms with Gasteiger partial charge in [-0.1, -0.05) is 87.9 Å². The van der Waals surface area contributed by atoms with Crippen LogP contribution in [0.15, 0.2) is 0 Å². The molecule has 19 heteroatoms. The molecule has 0 aromatic heterocycles. The fourth-order valence-electron chi connectivity index (χ4n) is 7.82. The smallest absolute Gasteiger partial charge is 0.390 e. The third kappa shape index (κ3) is 18.9. The van der Waals surface area contributed by atoms with E-state index in [9.17, 15) is 5.11 Å². The first kappa shape index (κ1) is 53.8. The summed E-state index contributed by atoms with van der Waals surface area (Å²) in [5, 5.41) is 11.7. The zero-order chi connectivity index (χ0) is 40.7. The Morgan fingerprint density at radius 3 is 0.660 bits per heavy atom. The molecular weight excluding hydrogens is 785 g/mol. The maximum atomic E-state index is 11.7. The molecule has 0 aliphatic carbocycles. The van der Waals surface area contributed by atoms with Gasteiger partial charge in [0.25, 0.3) is 0 Å². The van der Waals surface area contributed by atoms with E-state index in [1.54, 1.807) is 85.3 Å². The molecule has 0 saturated carbocycles. The Kier molecular flexibility index (Phi) is 27.1. The second-order valence-corrected chi connectivity index (χ2v) is 38.0. The van der Waals surface area contributed by atoms with Gasteiger partial charge in [-0.3, -0.25) is 0 Å². The minimum Gasteiger partial charge on any atom is -0.390 e. The Labute approximate surface area is 331 Å². The molecule has 0 amide bonds. The van der Waals surface area contributed by atoms with E-state index >= 15 is 0 Å². The SMILES string of the molecule is CO[Si](CCC[Si](C)(CCCC(C)(O)CCC[Si](C)(CCC[Si](OC)(OC)OC)CCC[Si](OC)(OC)OC)CCC[Si](OC)(OC)OC)(OC)OC. The minimum atomic E-state index is -2.64. The van der Waals surface area contributed by atoms with Gasteiger partial charge in [-0.2, -0.15) is 0 Å². The number of aliphatic hydroxyl groups is 1. The molecule has 0 aromatic rings. The molecule has 0 unspecified atom stereocenters. The zero-order valence-corrected chi connectivity index (χ0v) is 42.6. The van der Waals surface area contributed by atoms with E-state index in [4.69, 9.17) is 53.1 Å². The maximum absolute atomic E-state index is 11.7. The van der Waals surface area contributed by atoms with Gasteiger partial charge >= 0.3 is 35.2 Å². The molecule has 0 atom stereocenters. The third-order valence-electron chi connectivity index (χ3n) is 11.8. The van der Waals surface area contributed by atoms with E-state index in [2.05, 4.69) is 13.1 Å². The highest BCUT2D eigenvalue weighted by molar-refractivity contribution is 6.79. The molecule has 53 heavy (non-hydrogen) atoms. The van der Waals surface area contributed by atoms with Crippen LogP contribution in [0, 0.1) is 0 Å². The predicted octanol–water partition coefficient (Wildman–Crippen LogP) is 7.53. The number of rotatable bonds is 36. The van der Waals surface area contributed by atoms with Crippen molar-refractivity contribution in [2.75, 3.05) is 85.3 Å². The molecule has 0 spiro atoms. The highest BCUT2D eigenvalue weighted by Gasteiger charge is 2.42. The molecule has 0 fully saturated rings. The Bertz CT molecular complexity index is 768. The average Bonchev–Trinajstić information content (AvgIpc) is 3.16. The molecule has 0 aliphatic heterocycles. The first-order chi connectivity index (χ1) is 25.0. The largest absolute Gasteiger partial charge is 0.500 e. The van der Waals surface area contributed by atoms with Gasteiger partial charge in [0.05, 0.1) is 21.7 Å². The second-order valence-electron chi connectivity index (χ2n) is 15.4. The highest BCUT2D eigenvalue weighted by Crippen LogP contribution is 2.36. The Balaban J connectivity index is 5.62. The second kappa shape index (κ2) is 26.7. The molecule has 0 heterocycles. The predicted molar refractivity (Wildman–Crippen MR) is 226 cm³/mol. The van der Waals surface area contributed by atoms with E-state index in [0.29, 0.717) is 0 Å². The lowest BCUT2D eigenvalue weighted by atomic mass is 9.95. The molecule has 0 rings (SSSR count). The lowest BCUT2D eigenvalue weighted by molar-refractivity contribution is 0.0403. The summed E-state index contributed by atoms with van der Waals surface area (Å²) in [6.45, 7) is 7.04. The van der Waals surface area contributed by atoms with E-state index < -0.39 is 57.0 Å². The van der Waals surface area contributed by atoms with Gasteiger partial charge in [0, 0.05) is 109 Å². The van der Waals surface area contributed by atoms with Crippen LogP contribution in [-0.2, 0) is 53.1 Å². The summed E-state index contributed by atoms with van der Waals surface area (Å²) in [6.07, 6.45) is 7.58. The topological polar surface area (TPSA) is 131 Å². The first-order valence-corrected chi connectivity index (χ1v) is 33.3. The highest BCUT2D eigenvalue weighted by atomic mass is 28.4. The lowest BCUT2D eigenvalue weighted by Crippen LogP contribution is -2.44. The van der Waals surface area contributed by atoms with Crippen molar-refractivity contribution in [3.05, 3.63) is 0 Å². The van der Waals surface area contributed by atoms with Gasteiger partial charge in [0.1, 0.15) is 0 Å². The summed E-state index contributed by atoms with van der Waals surface area (Å²) < 4.78 is 68.6. The van der Waals surface area contributed by atoms with E-state index in [0.717, 1.165) is 112 Å². The molecular formula is C34H82O13Si6. The van der Waals surface area contributed by atoms with E-state index in [1.165, 1.54) is 0 Å². The lowest BCUT2D eigenvalue weighted by Gasteiger charge is -2.33. The normalized spacial score (nSPS) is 14.0. The summed E-state index contributed by atoms with van der Waals surface area (Å²) in [4.78, 5) is 0. The molecule has 0 saturated heterocycles. The van der Waals surface area contributed by atoms with Crippen molar-refractivity contribution < 1.29 is 58.2 Å². The summed E-state index contributed by atoms with van der Waals surface area (Å²) in [6, 6.07) is 10.0. The quantitative estimate of drug-likeness (QED) is 0.0624. The first-order valence-electron chi connectivity index (χ1n) is 19.3. The van der Waals surface area contributed by atoms with Gasteiger partial charge in [0.15, 0.2) is 0 Å². The Morgan fingerprint density at radius 2 is 0.491 bits per heavy atom.